The summed E-state index contributed by atoms with van der Waals surface area (Å²) in [5.74, 6) is 1.07. The molecule has 0 bridgehead atoms. The Labute approximate surface area is 172 Å². The number of carbonyl (C=O) groups is 1. The van der Waals surface area contributed by atoms with Crippen molar-refractivity contribution in [1.82, 2.24) is 20.5 Å². The van der Waals surface area contributed by atoms with Crippen molar-refractivity contribution in [3.63, 3.8) is 0 Å². The van der Waals surface area contributed by atoms with Gasteiger partial charge in [-0.2, -0.15) is 0 Å². The third-order valence-electron chi connectivity index (χ3n) is 4.24. The van der Waals surface area contributed by atoms with Crippen LogP contribution in [0.4, 0.5) is 0 Å². The molecule has 0 saturated carbocycles. The van der Waals surface area contributed by atoms with Gasteiger partial charge in [0, 0.05) is 25.0 Å². The number of rotatable bonds is 9. The van der Waals surface area contributed by atoms with E-state index >= 15 is 0 Å². The first-order valence-electron chi connectivity index (χ1n) is 9.81. The van der Waals surface area contributed by atoms with Crippen molar-refractivity contribution in [3.05, 3.63) is 52.0 Å². The summed E-state index contributed by atoms with van der Waals surface area (Å²) in [5.41, 5.74) is 2.23. The molecule has 0 aliphatic rings. The predicted molar refractivity (Wildman–Crippen MR) is 117 cm³/mol. The number of aliphatic imine (C=N–C) groups is 1. The molecule has 0 fully saturated rings. The highest BCUT2D eigenvalue weighted by Crippen LogP contribution is 2.17. The average Bonchev–Trinajstić information content (AvgIpc) is 3.18. The molecule has 6 nitrogen and oxygen atoms in total. The molecule has 152 valence electrons. The molecule has 7 heteroatoms. The van der Waals surface area contributed by atoms with Gasteiger partial charge in [0.1, 0.15) is 11.6 Å². The van der Waals surface area contributed by atoms with E-state index in [4.69, 9.17) is 0 Å². The van der Waals surface area contributed by atoms with Gasteiger partial charge >= 0.3 is 0 Å². The summed E-state index contributed by atoms with van der Waals surface area (Å²) in [5, 5.41) is 9.57. The molecule has 2 N–H and O–H groups in total. The second kappa shape index (κ2) is 11.4. The van der Waals surface area contributed by atoms with Crippen molar-refractivity contribution in [2.45, 2.75) is 46.7 Å². The lowest BCUT2D eigenvalue weighted by atomic mass is 10.2. The number of benzene rings is 1. The van der Waals surface area contributed by atoms with E-state index in [1.807, 2.05) is 49.1 Å². The summed E-state index contributed by atoms with van der Waals surface area (Å²) in [6, 6.07) is 10.0. The molecule has 28 heavy (non-hydrogen) atoms. The summed E-state index contributed by atoms with van der Waals surface area (Å²) in [4.78, 5) is 23.5. The van der Waals surface area contributed by atoms with E-state index in [0.717, 1.165) is 22.8 Å². The van der Waals surface area contributed by atoms with Crippen molar-refractivity contribution in [3.8, 4) is 0 Å². The minimum absolute atomic E-state index is 0.0138. The third-order valence-corrected chi connectivity index (χ3v) is 5.10. The monoisotopic (exact) mass is 401 g/mol. The number of carbonyl (C=O) groups excluding carboxylic acids is 1. The highest BCUT2D eigenvalue weighted by molar-refractivity contribution is 7.09. The van der Waals surface area contributed by atoms with Crippen LogP contribution in [-0.4, -0.2) is 41.4 Å². The molecule has 0 radical (unpaired) electrons. The van der Waals surface area contributed by atoms with Gasteiger partial charge in [0.2, 0.25) is 5.91 Å². The molecular formula is C21H31N5OS. The minimum Gasteiger partial charge on any atom is -0.357 e. The predicted octanol–water partition coefficient (Wildman–Crippen LogP) is 3.37. The van der Waals surface area contributed by atoms with E-state index in [2.05, 4.69) is 39.8 Å². The molecule has 1 heterocycles. The molecule has 0 atom stereocenters. The SMILES string of the molecule is CCNC(=NCC(=O)N(CC)Cc1ccccc1)NCc1nc(C(C)C)cs1. The summed E-state index contributed by atoms with van der Waals surface area (Å²) in [6.07, 6.45) is 0. The Morgan fingerprint density at radius 3 is 2.57 bits per heavy atom. The lowest BCUT2D eigenvalue weighted by Crippen LogP contribution is -2.38. The van der Waals surface area contributed by atoms with E-state index in [1.54, 1.807) is 11.3 Å². The van der Waals surface area contributed by atoms with Gasteiger partial charge in [-0.25, -0.2) is 9.98 Å². The van der Waals surface area contributed by atoms with Crippen LogP contribution in [0.25, 0.3) is 0 Å². The Morgan fingerprint density at radius 2 is 1.96 bits per heavy atom. The normalized spacial score (nSPS) is 11.5. The molecule has 2 rings (SSSR count). The lowest BCUT2D eigenvalue weighted by molar-refractivity contribution is -0.130. The molecule has 2 aromatic rings. The summed E-state index contributed by atoms with van der Waals surface area (Å²) in [7, 11) is 0. The number of hydrogen-bond acceptors (Lipinski definition) is 4. The van der Waals surface area contributed by atoms with Crippen LogP contribution >= 0.6 is 11.3 Å². The topological polar surface area (TPSA) is 69.6 Å². The van der Waals surface area contributed by atoms with Gasteiger partial charge in [-0.3, -0.25) is 4.79 Å². The van der Waals surface area contributed by atoms with Crippen LogP contribution in [0.15, 0.2) is 40.7 Å². The number of nitrogens with one attached hydrogen (secondary N) is 2. The first-order valence-corrected chi connectivity index (χ1v) is 10.7. The first kappa shape index (κ1) is 21.9. The summed E-state index contributed by atoms with van der Waals surface area (Å²) >= 11 is 1.64. The molecule has 1 aromatic heterocycles. The van der Waals surface area contributed by atoms with Crippen molar-refractivity contribution in [2.75, 3.05) is 19.6 Å². The Bertz CT molecular complexity index is 757. The molecule has 1 amide bonds. The zero-order valence-corrected chi connectivity index (χ0v) is 18.1. The van der Waals surface area contributed by atoms with Gasteiger partial charge in [-0.05, 0) is 25.3 Å². The lowest BCUT2D eigenvalue weighted by Gasteiger charge is -2.20. The van der Waals surface area contributed by atoms with E-state index in [9.17, 15) is 4.79 Å². The van der Waals surface area contributed by atoms with Crippen molar-refractivity contribution >= 4 is 23.2 Å². The zero-order chi connectivity index (χ0) is 20.4. The highest BCUT2D eigenvalue weighted by Gasteiger charge is 2.12. The van der Waals surface area contributed by atoms with Crippen molar-refractivity contribution < 1.29 is 4.79 Å². The molecule has 0 aliphatic carbocycles. The van der Waals surface area contributed by atoms with Gasteiger partial charge in [0.05, 0.1) is 12.2 Å². The number of likely N-dealkylation sites (N-methyl/N-ethyl adjacent to an activating group) is 1. The van der Waals surface area contributed by atoms with Crippen LogP contribution in [0.3, 0.4) is 0 Å². The van der Waals surface area contributed by atoms with Crippen LogP contribution < -0.4 is 10.6 Å². The average molecular weight is 402 g/mol. The number of aromatic nitrogens is 1. The Hall–Kier alpha value is -2.41. The van der Waals surface area contributed by atoms with E-state index in [-0.39, 0.29) is 12.5 Å². The fraction of sp³-hybridized carbons (Fsp3) is 0.476. The van der Waals surface area contributed by atoms with Crippen LogP contribution in [-0.2, 0) is 17.9 Å². The Balaban J connectivity index is 1.92. The second-order valence-corrected chi connectivity index (χ2v) is 7.71. The van der Waals surface area contributed by atoms with E-state index in [0.29, 0.717) is 31.5 Å². The van der Waals surface area contributed by atoms with Crippen LogP contribution in [0, 0.1) is 0 Å². The molecule has 0 saturated heterocycles. The fourth-order valence-electron chi connectivity index (χ4n) is 2.60. The highest BCUT2D eigenvalue weighted by atomic mass is 32.1. The number of guanidine groups is 1. The molecule has 0 spiro atoms. The second-order valence-electron chi connectivity index (χ2n) is 6.76. The van der Waals surface area contributed by atoms with Crippen LogP contribution in [0.2, 0.25) is 0 Å². The number of hydrogen-bond donors (Lipinski definition) is 2. The van der Waals surface area contributed by atoms with Gasteiger partial charge in [0.25, 0.3) is 0 Å². The van der Waals surface area contributed by atoms with Crippen LogP contribution in [0.1, 0.15) is 49.9 Å². The maximum atomic E-state index is 12.6. The van der Waals surface area contributed by atoms with Gasteiger partial charge in [-0.1, -0.05) is 44.2 Å². The largest absolute Gasteiger partial charge is 0.357 e. The summed E-state index contributed by atoms with van der Waals surface area (Å²) < 4.78 is 0. The molecular weight excluding hydrogens is 370 g/mol. The molecule has 1 aromatic carbocycles. The zero-order valence-electron chi connectivity index (χ0n) is 17.2. The maximum Gasteiger partial charge on any atom is 0.244 e. The van der Waals surface area contributed by atoms with Crippen molar-refractivity contribution in [2.24, 2.45) is 4.99 Å². The Kier molecular flexibility index (Phi) is 8.94. The van der Waals surface area contributed by atoms with Gasteiger partial charge in [-0.15, -0.1) is 11.3 Å². The minimum atomic E-state index is 0.0138. The fourth-order valence-corrected chi connectivity index (χ4v) is 3.49. The van der Waals surface area contributed by atoms with Crippen molar-refractivity contribution in [1.29, 1.82) is 0 Å². The molecule has 0 aliphatic heterocycles. The quantitative estimate of drug-likeness (QED) is 0.499. The smallest absolute Gasteiger partial charge is 0.244 e. The number of thiazole rings is 1. The van der Waals surface area contributed by atoms with E-state index < -0.39 is 0 Å². The number of amides is 1. The molecule has 0 unspecified atom stereocenters. The van der Waals surface area contributed by atoms with E-state index in [1.165, 1.54) is 0 Å². The first-order chi connectivity index (χ1) is 13.5. The van der Waals surface area contributed by atoms with Gasteiger partial charge in [0.15, 0.2) is 5.96 Å². The van der Waals surface area contributed by atoms with Gasteiger partial charge < -0.3 is 15.5 Å². The number of nitrogens with zero attached hydrogens (tertiary/aromatic N) is 3. The van der Waals surface area contributed by atoms with Crippen LogP contribution in [0.5, 0.6) is 0 Å². The third kappa shape index (κ3) is 6.96. The summed E-state index contributed by atoms with van der Waals surface area (Å²) in [6.45, 7) is 11.0. The standard InChI is InChI=1S/C21H31N5OS/c1-5-22-21(23-12-19-25-18(15-28-19)16(3)4)24-13-20(27)26(6-2)14-17-10-8-7-9-11-17/h7-11,15-16H,5-6,12-14H2,1-4H3,(H2,22,23,24). The maximum absolute atomic E-state index is 12.6. The Morgan fingerprint density at radius 1 is 1.21 bits per heavy atom.